The van der Waals surface area contributed by atoms with Gasteiger partial charge in [-0.3, -0.25) is 9.59 Å². The van der Waals surface area contributed by atoms with E-state index in [-0.39, 0.29) is 11.8 Å². The fourth-order valence-electron chi connectivity index (χ4n) is 4.89. The van der Waals surface area contributed by atoms with Gasteiger partial charge in [-0.2, -0.15) is 0 Å². The van der Waals surface area contributed by atoms with E-state index in [9.17, 15) is 9.59 Å². The van der Waals surface area contributed by atoms with Gasteiger partial charge in [-0.25, -0.2) is 0 Å². The van der Waals surface area contributed by atoms with Crippen LogP contribution >= 0.6 is 0 Å². The molecule has 2 amide bonds. The summed E-state index contributed by atoms with van der Waals surface area (Å²) in [5.74, 6) is 1.51. The molecule has 1 aliphatic carbocycles. The van der Waals surface area contributed by atoms with Crippen LogP contribution in [0.15, 0.2) is 18.2 Å². The maximum Gasteiger partial charge on any atom is 0.279 e. The van der Waals surface area contributed by atoms with Crippen molar-refractivity contribution >= 4 is 17.5 Å². The molecule has 4 N–H and O–H groups in total. The summed E-state index contributed by atoms with van der Waals surface area (Å²) in [6.07, 6.45) is 3.61. The van der Waals surface area contributed by atoms with Crippen molar-refractivity contribution in [2.45, 2.75) is 53.0 Å². The van der Waals surface area contributed by atoms with Crippen molar-refractivity contribution < 1.29 is 19.4 Å². The van der Waals surface area contributed by atoms with Crippen LogP contribution in [0.4, 0.5) is 5.69 Å². The lowest BCUT2D eigenvalue weighted by molar-refractivity contribution is -1.00. The highest BCUT2D eigenvalue weighted by Gasteiger charge is 2.30. The summed E-state index contributed by atoms with van der Waals surface area (Å²) in [6, 6.07) is 6.34. The Balaban J connectivity index is 1.38. The number of aryl methyl sites for hydroxylation is 1. The lowest BCUT2D eigenvalue weighted by Gasteiger charge is -2.35. The van der Waals surface area contributed by atoms with Gasteiger partial charge >= 0.3 is 0 Å². The fourth-order valence-corrected chi connectivity index (χ4v) is 4.89. The standard InChI is InChI=1S/C24H38N4O2/c1-17-7-5-9-21(19(17)3)25-23(29)15-27-11-13-28(14-12-27)16-24(30)26-22-10-6-8-18(2)20(22)4/h5,7,9,18,20,22H,6,8,10-16H2,1-4H3,(H,25,29)(H,26,30)/p+2/t18-,20-,22-/m0/s1. The number of hydrogen-bond acceptors (Lipinski definition) is 2. The Bertz CT molecular complexity index is 743. The van der Waals surface area contributed by atoms with Crippen molar-refractivity contribution in [3.8, 4) is 0 Å². The predicted octanol–water partition coefficient (Wildman–Crippen LogP) is -0.0338. The van der Waals surface area contributed by atoms with Gasteiger partial charge in [0.1, 0.15) is 26.2 Å². The van der Waals surface area contributed by atoms with E-state index in [0.717, 1.165) is 43.9 Å². The fraction of sp³-hybridized carbons (Fsp3) is 0.667. The number of carbonyl (C=O) groups excluding carboxylic acids is 2. The molecule has 0 bridgehead atoms. The van der Waals surface area contributed by atoms with Gasteiger partial charge in [0.15, 0.2) is 13.1 Å². The maximum absolute atomic E-state index is 12.6. The molecule has 3 rings (SSSR count). The zero-order valence-electron chi connectivity index (χ0n) is 19.1. The molecule has 1 aromatic rings. The summed E-state index contributed by atoms with van der Waals surface area (Å²) in [5.41, 5.74) is 3.22. The minimum Gasteiger partial charge on any atom is -0.348 e. The Hall–Kier alpha value is -1.92. The van der Waals surface area contributed by atoms with Gasteiger partial charge in [-0.15, -0.1) is 0 Å². The van der Waals surface area contributed by atoms with Crippen molar-refractivity contribution in [1.29, 1.82) is 0 Å². The lowest BCUT2D eigenvalue weighted by atomic mass is 9.78. The third-order valence-electron chi connectivity index (χ3n) is 7.42. The number of anilines is 1. The number of nitrogens with one attached hydrogen (secondary N) is 4. The third kappa shape index (κ3) is 6.05. The average Bonchev–Trinajstić information content (AvgIpc) is 2.70. The molecule has 1 aliphatic heterocycles. The highest BCUT2D eigenvalue weighted by Crippen LogP contribution is 2.29. The SMILES string of the molecule is Cc1cccc(NC(=O)C[NH+]2CC[NH+](CC(=O)N[C@H]3CCC[C@H](C)[C@@H]3C)CC2)c1C. The molecule has 166 valence electrons. The predicted molar refractivity (Wildman–Crippen MR) is 120 cm³/mol. The molecule has 6 nitrogen and oxygen atoms in total. The van der Waals surface area contributed by atoms with Crippen LogP contribution in [0.3, 0.4) is 0 Å². The van der Waals surface area contributed by atoms with Gasteiger partial charge in [-0.05, 0) is 49.3 Å². The van der Waals surface area contributed by atoms with E-state index >= 15 is 0 Å². The molecule has 30 heavy (non-hydrogen) atoms. The van der Waals surface area contributed by atoms with Crippen LogP contribution < -0.4 is 20.4 Å². The van der Waals surface area contributed by atoms with Crippen LogP contribution in [0.2, 0.25) is 0 Å². The average molecular weight is 417 g/mol. The van der Waals surface area contributed by atoms with E-state index in [1.807, 2.05) is 19.1 Å². The van der Waals surface area contributed by atoms with Gasteiger partial charge in [-0.1, -0.05) is 38.8 Å². The van der Waals surface area contributed by atoms with Crippen molar-refractivity contribution in [3.05, 3.63) is 29.3 Å². The Labute approximate surface area is 181 Å². The lowest BCUT2D eigenvalue weighted by Crippen LogP contribution is -3.28. The van der Waals surface area contributed by atoms with E-state index in [1.54, 1.807) is 0 Å². The van der Waals surface area contributed by atoms with Gasteiger partial charge < -0.3 is 20.4 Å². The summed E-state index contributed by atoms with van der Waals surface area (Å²) < 4.78 is 0. The number of hydrogen-bond donors (Lipinski definition) is 4. The highest BCUT2D eigenvalue weighted by atomic mass is 16.2. The van der Waals surface area contributed by atoms with E-state index in [2.05, 4.69) is 37.5 Å². The second kappa shape index (κ2) is 10.4. The molecule has 0 spiro atoms. The van der Waals surface area contributed by atoms with Crippen LogP contribution in [0.1, 0.15) is 44.2 Å². The molecular formula is C24H40N4O2+2. The molecule has 0 radical (unpaired) electrons. The monoisotopic (exact) mass is 416 g/mol. The zero-order chi connectivity index (χ0) is 21.7. The zero-order valence-corrected chi connectivity index (χ0v) is 19.1. The third-order valence-corrected chi connectivity index (χ3v) is 7.42. The normalized spacial score (nSPS) is 29.3. The highest BCUT2D eigenvalue weighted by molar-refractivity contribution is 5.92. The number of amides is 2. The molecule has 0 unspecified atom stereocenters. The molecule has 1 aromatic carbocycles. The molecule has 2 aliphatic rings. The Kier molecular flexibility index (Phi) is 7.89. The summed E-state index contributed by atoms with van der Waals surface area (Å²) in [4.78, 5) is 27.7. The van der Waals surface area contributed by atoms with E-state index in [4.69, 9.17) is 0 Å². The minimum absolute atomic E-state index is 0.0697. The first-order valence-corrected chi connectivity index (χ1v) is 11.7. The quantitative estimate of drug-likeness (QED) is 0.526. The van der Waals surface area contributed by atoms with Crippen LogP contribution in [0.25, 0.3) is 0 Å². The Morgan fingerprint density at radius 1 is 0.967 bits per heavy atom. The number of benzene rings is 1. The Morgan fingerprint density at radius 3 is 2.27 bits per heavy atom. The van der Waals surface area contributed by atoms with Gasteiger partial charge in [0, 0.05) is 11.7 Å². The molecule has 1 saturated heterocycles. The minimum atomic E-state index is 0.0697. The smallest absolute Gasteiger partial charge is 0.279 e. The number of rotatable bonds is 6. The molecule has 0 aromatic heterocycles. The molecular weight excluding hydrogens is 376 g/mol. The number of carbonyl (C=O) groups is 2. The topological polar surface area (TPSA) is 67.1 Å². The van der Waals surface area contributed by atoms with E-state index < -0.39 is 0 Å². The van der Waals surface area contributed by atoms with E-state index in [1.165, 1.54) is 28.2 Å². The summed E-state index contributed by atoms with van der Waals surface area (Å²) in [7, 11) is 0. The van der Waals surface area contributed by atoms with Crippen molar-refractivity contribution in [2.75, 3.05) is 44.6 Å². The van der Waals surface area contributed by atoms with Crippen LogP contribution in [-0.2, 0) is 9.59 Å². The van der Waals surface area contributed by atoms with Gasteiger partial charge in [0.05, 0.1) is 0 Å². The molecule has 3 atom stereocenters. The summed E-state index contributed by atoms with van der Waals surface area (Å²) >= 11 is 0. The van der Waals surface area contributed by atoms with Crippen LogP contribution in [-0.4, -0.2) is 57.1 Å². The molecule has 6 heteroatoms. The largest absolute Gasteiger partial charge is 0.348 e. The maximum atomic E-state index is 12.6. The summed E-state index contributed by atoms with van der Waals surface area (Å²) in [6.45, 7) is 13.5. The van der Waals surface area contributed by atoms with Crippen LogP contribution in [0, 0.1) is 25.7 Å². The van der Waals surface area contributed by atoms with Crippen molar-refractivity contribution in [2.24, 2.45) is 11.8 Å². The second-order valence-corrected chi connectivity index (χ2v) is 9.59. The number of quaternary nitrogens is 2. The Morgan fingerprint density at radius 2 is 1.60 bits per heavy atom. The first-order valence-electron chi connectivity index (χ1n) is 11.7. The molecule has 1 heterocycles. The van der Waals surface area contributed by atoms with Crippen LogP contribution in [0.5, 0.6) is 0 Å². The van der Waals surface area contributed by atoms with Crippen molar-refractivity contribution in [1.82, 2.24) is 5.32 Å². The van der Waals surface area contributed by atoms with E-state index in [0.29, 0.717) is 31.0 Å². The first-order chi connectivity index (χ1) is 14.3. The molecule has 1 saturated carbocycles. The van der Waals surface area contributed by atoms with Gasteiger partial charge in [0.2, 0.25) is 0 Å². The molecule has 2 fully saturated rings. The first kappa shape index (κ1) is 22.8. The second-order valence-electron chi connectivity index (χ2n) is 9.59. The summed E-state index contributed by atoms with van der Waals surface area (Å²) in [5, 5.41) is 6.36. The van der Waals surface area contributed by atoms with Crippen molar-refractivity contribution in [3.63, 3.8) is 0 Å². The number of piperazine rings is 1. The van der Waals surface area contributed by atoms with Gasteiger partial charge in [0.25, 0.3) is 11.8 Å².